The number of rotatable bonds is 13. The predicted molar refractivity (Wildman–Crippen MR) is 276 cm³/mol. The Balaban J connectivity index is 1.07. The molecule has 23 nitrogen and oxygen atoms in total. The molecule has 3 unspecified atom stereocenters. The molecule has 0 aromatic carbocycles. The molecule has 26 atom stereocenters. The third-order valence-electron chi connectivity index (χ3n) is 21.3. The van der Waals surface area contributed by atoms with Crippen molar-refractivity contribution < 1.29 is 114 Å². The van der Waals surface area contributed by atoms with Crippen LogP contribution in [-0.2, 0) is 52.3 Å². The number of hydrogen-bond donors (Lipinski definition) is 12. The van der Waals surface area contributed by atoms with Gasteiger partial charge < -0.3 is 99.2 Å². The van der Waals surface area contributed by atoms with Crippen molar-refractivity contribution in [1.82, 2.24) is 0 Å². The van der Waals surface area contributed by atoms with E-state index in [0.29, 0.717) is 44.1 Å². The van der Waals surface area contributed by atoms with E-state index in [9.17, 15) is 75.7 Å². The van der Waals surface area contributed by atoms with Gasteiger partial charge >= 0.3 is 17.9 Å². The minimum Gasteiger partial charge on any atom is -0.460 e. The highest BCUT2D eigenvalue weighted by Gasteiger charge is 2.76. The maximum atomic E-state index is 14.5. The van der Waals surface area contributed by atoms with Crippen molar-refractivity contribution in [1.29, 1.82) is 0 Å². The Labute approximate surface area is 466 Å². The zero-order chi connectivity index (χ0) is 59.3. The van der Waals surface area contributed by atoms with Gasteiger partial charge in [0.25, 0.3) is 0 Å². The molecule has 0 bridgehead atoms. The summed E-state index contributed by atoms with van der Waals surface area (Å²) in [5, 5.41) is 134. The minimum atomic E-state index is -2.19. The summed E-state index contributed by atoms with van der Waals surface area (Å²) in [6.45, 7) is 18.4. The van der Waals surface area contributed by atoms with Crippen LogP contribution < -0.4 is 0 Å². The molecule has 0 radical (unpaired) electrons. The van der Waals surface area contributed by atoms with Crippen LogP contribution in [0.1, 0.15) is 115 Å². The second-order valence-corrected chi connectivity index (χ2v) is 26.0. The lowest BCUT2D eigenvalue weighted by atomic mass is 9.32. The highest BCUT2D eigenvalue weighted by Crippen LogP contribution is 2.76. The van der Waals surface area contributed by atoms with E-state index in [4.69, 9.17) is 37.9 Å². The number of ether oxygens (including phenoxy) is 8. The normalized spacial score (nSPS) is 49.0. The summed E-state index contributed by atoms with van der Waals surface area (Å²) in [4.78, 5) is 41.9. The largest absolute Gasteiger partial charge is 0.460 e. The summed E-state index contributed by atoms with van der Waals surface area (Å²) in [7, 11) is 0. The van der Waals surface area contributed by atoms with Gasteiger partial charge in [0.05, 0.1) is 37.4 Å². The first kappa shape index (κ1) is 63.0. The summed E-state index contributed by atoms with van der Waals surface area (Å²) >= 11 is 0. The number of carbonyl (C=O) groups excluding carboxylic acids is 3. The Morgan fingerprint density at radius 3 is 1.73 bits per heavy atom. The Morgan fingerprint density at radius 2 is 1.18 bits per heavy atom. The van der Waals surface area contributed by atoms with Crippen LogP contribution in [0, 0.1) is 50.2 Å². The van der Waals surface area contributed by atoms with Gasteiger partial charge in [-0.15, -0.1) is 0 Å². The van der Waals surface area contributed by atoms with Crippen LogP contribution in [0.3, 0.4) is 0 Å². The van der Waals surface area contributed by atoms with Crippen LogP contribution in [0.5, 0.6) is 0 Å². The molecule has 3 saturated heterocycles. The third-order valence-corrected chi connectivity index (χ3v) is 21.3. The molecule has 8 aliphatic rings. The van der Waals surface area contributed by atoms with E-state index in [1.165, 1.54) is 0 Å². The molecule has 7 fully saturated rings. The van der Waals surface area contributed by atoms with E-state index in [1.54, 1.807) is 39.8 Å². The molecule has 8 rings (SSSR count). The fraction of sp³-hybridized carbons (Fsp3) is 0.842. The van der Waals surface area contributed by atoms with Crippen LogP contribution in [0.25, 0.3) is 0 Å². The molecule has 0 aromatic rings. The smallest absolute Gasteiger partial charge is 0.338 e. The Kier molecular flexibility index (Phi) is 17.9. The average Bonchev–Trinajstić information content (AvgIpc) is 3.25. The van der Waals surface area contributed by atoms with Gasteiger partial charge in [-0.05, 0) is 94.8 Å². The maximum Gasteiger partial charge on any atom is 0.338 e. The average molecular weight is 1140 g/mol. The lowest BCUT2D eigenvalue weighted by molar-refractivity contribution is -0.372. The van der Waals surface area contributed by atoms with Crippen LogP contribution >= 0.6 is 0 Å². The molecule has 80 heavy (non-hydrogen) atoms. The lowest BCUT2D eigenvalue weighted by Gasteiger charge is -2.73. The summed E-state index contributed by atoms with van der Waals surface area (Å²) in [6.07, 6.45) is -24.2. The summed E-state index contributed by atoms with van der Waals surface area (Å²) in [6, 6.07) is 0. The van der Waals surface area contributed by atoms with E-state index in [0.717, 1.165) is 5.57 Å². The SMILES string of the molecule is C/C=C(/C)C(=O)O[C@H]1[C@H](OC(=O)/C(C)=C/C)C(C)(C)CC2C3=CCC4[C@@]5(C)CC[C@H](OC(=O)[C@H]6O[C@@H](O)[C@H](O[C@@H]7O[C@H](CO)[C@@H](O)[C@H](O)[C@H]7O)[C@@H](O[C@@H]7O[C@@H](CO)[C@H](O)[C@H]7O)[C@@H]6O)C(C)(C)C5CC[C@@]4(C)[C@]3(C)[C@@H](O)[C@@H](O)[C@]21CO. The zero-order valence-electron chi connectivity index (χ0n) is 47.7. The monoisotopic (exact) mass is 1140 g/mol. The number of carbonyl (C=O) groups is 3. The second kappa shape index (κ2) is 22.7. The summed E-state index contributed by atoms with van der Waals surface area (Å²) < 4.78 is 47.2. The first-order valence-corrected chi connectivity index (χ1v) is 28.2. The van der Waals surface area contributed by atoms with Gasteiger partial charge in [-0.25, -0.2) is 14.4 Å². The summed E-state index contributed by atoms with van der Waals surface area (Å²) in [5.41, 5.74) is -4.26. The molecule has 23 heteroatoms. The number of aliphatic hydroxyl groups is 12. The number of aliphatic hydroxyl groups excluding tert-OH is 12. The van der Waals surface area contributed by atoms with Crippen LogP contribution in [0.4, 0.5) is 0 Å². The molecular formula is C57H88O23. The van der Waals surface area contributed by atoms with Crippen molar-refractivity contribution in [3.63, 3.8) is 0 Å². The van der Waals surface area contributed by atoms with Gasteiger partial charge in [-0.3, -0.25) is 0 Å². The van der Waals surface area contributed by atoms with E-state index in [1.807, 2.05) is 34.6 Å². The molecule has 0 aromatic heterocycles. The zero-order valence-corrected chi connectivity index (χ0v) is 47.7. The Bertz CT molecular complexity index is 2390. The van der Waals surface area contributed by atoms with E-state index in [-0.39, 0.29) is 17.4 Å². The quantitative estimate of drug-likeness (QED) is 0.0487. The number of hydrogen-bond acceptors (Lipinski definition) is 23. The first-order valence-electron chi connectivity index (χ1n) is 28.2. The number of esters is 3. The Morgan fingerprint density at radius 1 is 0.637 bits per heavy atom. The van der Waals surface area contributed by atoms with Gasteiger partial charge in [0.2, 0.25) is 0 Å². The topological polar surface area (TPSA) is 368 Å². The van der Waals surface area contributed by atoms with Gasteiger partial charge in [-0.2, -0.15) is 0 Å². The van der Waals surface area contributed by atoms with Crippen LogP contribution in [-0.4, -0.2) is 216 Å². The van der Waals surface area contributed by atoms with Crippen molar-refractivity contribution >= 4 is 17.9 Å². The highest BCUT2D eigenvalue weighted by molar-refractivity contribution is 5.89. The standard InChI is InChI=1S/C57H88O23/c1-12-24(3)46(69)79-44-45(80-47(70)25(4)13-2)57(23-60)27(20-52(44,5)6)26-14-15-31-54(9)18-17-32(53(7,8)30(54)16-19-55(31,10)56(26,11)42(67)43(57)68)75-48(71)40-38(66)39(77-50-36(64)34(62)29(22-59)74-50)41(49(72)76-40)78-51-37(65)35(63)33(61)28(21-58)73-51/h12-14,27-45,49-51,58-68,72H,15-23H2,1-11H3/b24-12+,25-13-/t27?,28-,29+,30?,31?,32+,33-,34+,35+,36-,37-,38+,39+,40+,41-,42+,43-,44+,45+,49-,50+,51+,54+,55-,56+,57+/m1/s1. The van der Waals surface area contributed by atoms with Crippen molar-refractivity contribution in [3.05, 3.63) is 34.9 Å². The highest BCUT2D eigenvalue weighted by atomic mass is 16.8. The van der Waals surface area contributed by atoms with Crippen molar-refractivity contribution in [2.24, 2.45) is 50.2 Å². The third kappa shape index (κ3) is 9.76. The van der Waals surface area contributed by atoms with Gasteiger partial charge in [0.15, 0.2) is 31.1 Å². The summed E-state index contributed by atoms with van der Waals surface area (Å²) in [5.74, 6) is -3.40. The molecule has 12 N–H and O–H groups in total. The number of fused-ring (bicyclic) bond motifs is 7. The van der Waals surface area contributed by atoms with E-state index < -0.39 is 193 Å². The molecule has 0 spiro atoms. The van der Waals surface area contributed by atoms with Gasteiger partial charge in [-0.1, -0.05) is 72.3 Å². The molecule has 5 aliphatic carbocycles. The lowest BCUT2D eigenvalue weighted by Crippen LogP contribution is -2.76. The minimum absolute atomic E-state index is 0.128. The fourth-order valence-corrected chi connectivity index (χ4v) is 16.1. The van der Waals surface area contributed by atoms with Crippen molar-refractivity contribution in [2.45, 2.75) is 231 Å². The molecular weight excluding hydrogens is 1050 g/mol. The fourth-order valence-electron chi connectivity index (χ4n) is 16.1. The van der Waals surface area contributed by atoms with Gasteiger partial charge in [0, 0.05) is 27.4 Å². The van der Waals surface area contributed by atoms with E-state index in [2.05, 4.69) is 19.9 Å². The Hall–Kier alpha value is -3.05. The molecule has 4 saturated carbocycles. The molecule has 454 valence electrons. The van der Waals surface area contributed by atoms with Gasteiger partial charge in [0.1, 0.15) is 73.2 Å². The first-order chi connectivity index (χ1) is 37.3. The molecule has 0 amide bonds. The van der Waals surface area contributed by atoms with Crippen molar-refractivity contribution in [3.8, 4) is 0 Å². The predicted octanol–water partition coefficient (Wildman–Crippen LogP) is -0.303. The number of allylic oxidation sites excluding steroid dienone is 3. The maximum absolute atomic E-state index is 14.5. The van der Waals surface area contributed by atoms with E-state index >= 15 is 0 Å². The molecule has 3 aliphatic heterocycles. The second-order valence-electron chi connectivity index (χ2n) is 26.0. The molecule has 3 heterocycles. The van der Waals surface area contributed by atoms with Crippen molar-refractivity contribution in [2.75, 3.05) is 19.8 Å². The van der Waals surface area contributed by atoms with Crippen LogP contribution in [0.15, 0.2) is 34.9 Å². The van der Waals surface area contributed by atoms with Crippen LogP contribution in [0.2, 0.25) is 0 Å².